The molecular weight excluding hydrogens is 424 g/mol. The molecule has 7 heteroatoms. The molecule has 28 heavy (non-hydrogen) atoms. The molecule has 0 bridgehead atoms. The van der Waals surface area contributed by atoms with E-state index in [4.69, 9.17) is 4.74 Å². The van der Waals surface area contributed by atoms with Crippen LogP contribution in [-0.4, -0.2) is 24.5 Å². The fourth-order valence-corrected chi connectivity index (χ4v) is 3.01. The van der Waals surface area contributed by atoms with Crippen LogP contribution in [0, 0.1) is 6.92 Å². The number of nitrogens with one attached hydrogen (secondary N) is 1. The Labute approximate surface area is 171 Å². The molecule has 1 N–H and O–H groups in total. The molecule has 0 aliphatic carbocycles. The van der Waals surface area contributed by atoms with Crippen LogP contribution in [0.1, 0.15) is 24.5 Å². The second kappa shape index (κ2) is 8.39. The summed E-state index contributed by atoms with van der Waals surface area (Å²) in [6.45, 7) is 4.36. The van der Waals surface area contributed by atoms with E-state index >= 15 is 0 Å². The number of benzene rings is 2. The third-order valence-electron chi connectivity index (χ3n) is 4.18. The molecular formula is C21H19BrN2O4. The average molecular weight is 443 g/mol. The lowest BCUT2D eigenvalue weighted by Gasteiger charge is -2.26. The van der Waals surface area contributed by atoms with E-state index in [9.17, 15) is 14.4 Å². The maximum atomic E-state index is 13.0. The molecule has 0 atom stereocenters. The minimum Gasteiger partial charge on any atom is -0.493 e. The molecule has 2 aromatic rings. The molecule has 1 aliphatic heterocycles. The van der Waals surface area contributed by atoms with Crippen LogP contribution in [-0.2, 0) is 9.59 Å². The van der Waals surface area contributed by atoms with Crippen LogP contribution >= 0.6 is 15.9 Å². The number of urea groups is 1. The Bertz CT molecular complexity index is 984. The van der Waals surface area contributed by atoms with Gasteiger partial charge in [-0.25, -0.2) is 9.69 Å². The smallest absolute Gasteiger partial charge is 0.335 e. The van der Waals surface area contributed by atoms with Gasteiger partial charge in [0, 0.05) is 10.0 Å². The Morgan fingerprint density at radius 1 is 1.14 bits per heavy atom. The van der Waals surface area contributed by atoms with Crippen LogP contribution in [0.4, 0.5) is 10.5 Å². The molecule has 0 unspecified atom stereocenters. The third-order valence-corrected chi connectivity index (χ3v) is 5.07. The molecule has 0 aromatic heterocycles. The number of hydrogen-bond acceptors (Lipinski definition) is 4. The normalized spacial score (nSPS) is 15.8. The fourth-order valence-electron chi connectivity index (χ4n) is 2.76. The number of carbonyl (C=O) groups excluding carboxylic acids is 3. The van der Waals surface area contributed by atoms with Gasteiger partial charge in [0.25, 0.3) is 11.8 Å². The van der Waals surface area contributed by atoms with Gasteiger partial charge < -0.3 is 4.74 Å². The molecule has 2 aromatic carbocycles. The highest BCUT2D eigenvalue weighted by Crippen LogP contribution is 2.28. The van der Waals surface area contributed by atoms with Crippen LogP contribution in [0.2, 0.25) is 0 Å². The van der Waals surface area contributed by atoms with E-state index in [1.54, 1.807) is 36.4 Å². The van der Waals surface area contributed by atoms with E-state index in [1.165, 1.54) is 6.08 Å². The highest BCUT2D eigenvalue weighted by Gasteiger charge is 2.37. The fraction of sp³-hybridized carbons (Fsp3) is 0.190. The first-order valence-corrected chi connectivity index (χ1v) is 9.61. The van der Waals surface area contributed by atoms with E-state index in [1.807, 2.05) is 19.9 Å². The maximum absolute atomic E-state index is 13.0. The van der Waals surface area contributed by atoms with Crippen molar-refractivity contribution in [3.05, 3.63) is 63.6 Å². The predicted molar refractivity (Wildman–Crippen MR) is 110 cm³/mol. The number of hydrogen-bond donors (Lipinski definition) is 1. The van der Waals surface area contributed by atoms with Crippen molar-refractivity contribution in [2.45, 2.75) is 20.3 Å². The van der Waals surface area contributed by atoms with Gasteiger partial charge in [-0.2, -0.15) is 0 Å². The van der Waals surface area contributed by atoms with Crippen molar-refractivity contribution in [3.63, 3.8) is 0 Å². The van der Waals surface area contributed by atoms with E-state index < -0.39 is 17.8 Å². The largest absolute Gasteiger partial charge is 0.493 e. The molecule has 6 nitrogen and oxygen atoms in total. The molecule has 0 spiro atoms. The van der Waals surface area contributed by atoms with Gasteiger partial charge in [-0.1, -0.05) is 41.1 Å². The number of barbiturate groups is 1. The number of anilines is 1. The molecule has 1 fully saturated rings. The Morgan fingerprint density at radius 2 is 1.89 bits per heavy atom. The lowest BCUT2D eigenvalue weighted by atomic mass is 10.1. The standard InChI is InChI=1S/C21H19BrN2O4/c1-3-10-28-18-7-5-4-6-14(18)12-16-19(25)23-21(27)24(20(16)26)15-8-9-17(22)13(2)11-15/h4-9,11-12H,3,10H2,1-2H3,(H,23,25,27)/b16-12-. The number of rotatable bonds is 5. The van der Waals surface area contributed by atoms with Gasteiger partial charge in [-0.05, 0) is 49.2 Å². The zero-order valence-electron chi connectivity index (χ0n) is 15.5. The molecule has 4 amide bonds. The number of imide groups is 2. The van der Waals surface area contributed by atoms with E-state index in [0.717, 1.165) is 21.4 Å². The Hall–Kier alpha value is -2.93. The van der Waals surface area contributed by atoms with Crippen LogP contribution in [0.25, 0.3) is 6.08 Å². The molecule has 144 valence electrons. The molecule has 0 radical (unpaired) electrons. The predicted octanol–water partition coefficient (Wildman–Crippen LogP) is 4.21. The second-order valence-electron chi connectivity index (χ2n) is 6.28. The first-order valence-electron chi connectivity index (χ1n) is 8.81. The Balaban J connectivity index is 2.01. The summed E-state index contributed by atoms with van der Waals surface area (Å²) in [6, 6.07) is 11.4. The van der Waals surface area contributed by atoms with Crippen LogP contribution in [0.5, 0.6) is 5.75 Å². The zero-order valence-corrected chi connectivity index (χ0v) is 17.1. The highest BCUT2D eigenvalue weighted by molar-refractivity contribution is 9.10. The summed E-state index contributed by atoms with van der Waals surface area (Å²) in [6.07, 6.45) is 2.28. The monoisotopic (exact) mass is 442 g/mol. The third kappa shape index (κ3) is 3.99. The molecule has 1 aliphatic rings. The van der Waals surface area contributed by atoms with Crippen LogP contribution in [0.15, 0.2) is 52.5 Å². The van der Waals surface area contributed by atoms with E-state index in [2.05, 4.69) is 21.2 Å². The number of nitrogens with zero attached hydrogens (tertiary/aromatic N) is 1. The minimum atomic E-state index is -0.774. The minimum absolute atomic E-state index is 0.132. The van der Waals surface area contributed by atoms with Crippen molar-refractivity contribution in [2.75, 3.05) is 11.5 Å². The van der Waals surface area contributed by atoms with E-state index in [0.29, 0.717) is 23.6 Å². The number of ether oxygens (including phenoxy) is 1. The summed E-state index contributed by atoms with van der Waals surface area (Å²) in [5.41, 5.74) is 1.71. The number of aryl methyl sites for hydroxylation is 1. The SMILES string of the molecule is CCCOc1ccccc1/C=C1/C(=O)NC(=O)N(c2ccc(Br)c(C)c2)C1=O. The average Bonchev–Trinajstić information content (AvgIpc) is 2.67. The molecule has 1 heterocycles. The maximum Gasteiger partial charge on any atom is 0.335 e. The van der Waals surface area contributed by atoms with Gasteiger partial charge >= 0.3 is 6.03 Å². The summed E-state index contributed by atoms with van der Waals surface area (Å²) >= 11 is 3.39. The number of halogens is 1. The summed E-state index contributed by atoms with van der Waals surface area (Å²) in [4.78, 5) is 38.6. The molecule has 1 saturated heterocycles. The zero-order chi connectivity index (χ0) is 20.3. The van der Waals surface area contributed by atoms with Crippen molar-refractivity contribution in [1.29, 1.82) is 0 Å². The lowest BCUT2D eigenvalue weighted by molar-refractivity contribution is -0.122. The van der Waals surface area contributed by atoms with Crippen molar-refractivity contribution >= 4 is 45.5 Å². The highest BCUT2D eigenvalue weighted by atomic mass is 79.9. The van der Waals surface area contributed by atoms with Gasteiger partial charge in [0.1, 0.15) is 11.3 Å². The first kappa shape index (κ1) is 19.8. The second-order valence-corrected chi connectivity index (χ2v) is 7.13. The summed E-state index contributed by atoms with van der Waals surface area (Å²) in [5, 5.41) is 2.23. The first-order chi connectivity index (χ1) is 13.4. The number of carbonyl (C=O) groups is 3. The van der Waals surface area contributed by atoms with Crippen molar-refractivity contribution in [1.82, 2.24) is 5.32 Å². The molecule has 3 rings (SSSR count). The quantitative estimate of drug-likeness (QED) is 0.555. The van der Waals surface area contributed by atoms with Crippen molar-refractivity contribution in [3.8, 4) is 5.75 Å². The number of amides is 4. The van der Waals surface area contributed by atoms with Crippen LogP contribution < -0.4 is 15.0 Å². The summed E-state index contributed by atoms with van der Waals surface area (Å²) in [5.74, 6) is -0.841. The Kier molecular flexibility index (Phi) is 5.94. The lowest BCUT2D eigenvalue weighted by Crippen LogP contribution is -2.54. The van der Waals surface area contributed by atoms with Gasteiger partial charge in [0.2, 0.25) is 0 Å². The topological polar surface area (TPSA) is 75.7 Å². The number of para-hydroxylation sites is 1. The van der Waals surface area contributed by atoms with Crippen molar-refractivity contribution < 1.29 is 19.1 Å². The summed E-state index contributed by atoms with van der Waals surface area (Å²) < 4.78 is 6.54. The van der Waals surface area contributed by atoms with Crippen molar-refractivity contribution in [2.24, 2.45) is 0 Å². The molecule has 0 saturated carbocycles. The van der Waals surface area contributed by atoms with E-state index in [-0.39, 0.29) is 5.57 Å². The van der Waals surface area contributed by atoms with Gasteiger partial charge in [-0.15, -0.1) is 0 Å². The van der Waals surface area contributed by atoms with Gasteiger partial charge in [-0.3, -0.25) is 14.9 Å². The Morgan fingerprint density at radius 3 is 2.61 bits per heavy atom. The summed E-state index contributed by atoms with van der Waals surface area (Å²) in [7, 11) is 0. The van der Waals surface area contributed by atoms with Crippen LogP contribution in [0.3, 0.4) is 0 Å². The van der Waals surface area contributed by atoms with Gasteiger partial charge in [0.15, 0.2) is 0 Å². The van der Waals surface area contributed by atoms with Gasteiger partial charge in [0.05, 0.1) is 12.3 Å².